The SMILES string of the molecule is N#Cc1ccc(Nc2cnc(C(=O)Nc3cccc(C(F)(F)F)c3)cn2)cc1. The molecule has 0 aliphatic rings. The van der Waals surface area contributed by atoms with Gasteiger partial charge < -0.3 is 10.6 Å². The highest BCUT2D eigenvalue weighted by molar-refractivity contribution is 6.02. The number of benzene rings is 2. The van der Waals surface area contributed by atoms with Crippen LogP contribution in [0.4, 0.5) is 30.4 Å². The molecular weight excluding hydrogens is 371 g/mol. The third kappa shape index (κ3) is 4.62. The highest BCUT2D eigenvalue weighted by atomic mass is 19.4. The van der Waals surface area contributed by atoms with Gasteiger partial charge in [0.1, 0.15) is 11.5 Å². The molecule has 0 bridgehead atoms. The van der Waals surface area contributed by atoms with Gasteiger partial charge in [0.25, 0.3) is 5.91 Å². The summed E-state index contributed by atoms with van der Waals surface area (Å²) < 4.78 is 38.2. The van der Waals surface area contributed by atoms with E-state index in [0.29, 0.717) is 17.1 Å². The van der Waals surface area contributed by atoms with Gasteiger partial charge in [-0.15, -0.1) is 0 Å². The van der Waals surface area contributed by atoms with Gasteiger partial charge in [-0.2, -0.15) is 18.4 Å². The Morgan fingerprint density at radius 1 is 1.00 bits per heavy atom. The first kappa shape index (κ1) is 18.8. The molecule has 1 amide bonds. The lowest BCUT2D eigenvalue weighted by atomic mass is 10.2. The summed E-state index contributed by atoms with van der Waals surface area (Å²) in [6.45, 7) is 0. The molecule has 2 N–H and O–H groups in total. The number of hydrogen-bond donors (Lipinski definition) is 2. The van der Waals surface area contributed by atoms with Crippen molar-refractivity contribution >= 4 is 23.1 Å². The number of alkyl halides is 3. The van der Waals surface area contributed by atoms with Crippen LogP contribution in [0.1, 0.15) is 21.6 Å². The van der Waals surface area contributed by atoms with E-state index >= 15 is 0 Å². The molecule has 0 saturated heterocycles. The van der Waals surface area contributed by atoms with E-state index in [-0.39, 0.29) is 11.4 Å². The molecule has 6 nitrogen and oxygen atoms in total. The minimum atomic E-state index is -4.50. The molecule has 3 rings (SSSR count). The van der Waals surface area contributed by atoms with Gasteiger partial charge in [0, 0.05) is 11.4 Å². The lowest BCUT2D eigenvalue weighted by Crippen LogP contribution is -2.15. The molecule has 0 aliphatic heterocycles. The van der Waals surface area contributed by atoms with Crippen molar-refractivity contribution in [2.45, 2.75) is 6.18 Å². The summed E-state index contributed by atoms with van der Waals surface area (Å²) in [5.74, 6) is -0.322. The quantitative estimate of drug-likeness (QED) is 0.698. The Kier molecular flexibility index (Phi) is 5.22. The highest BCUT2D eigenvalue weighted by Crippen LogP contribution is 2.30. The summed E-state index contributed by atoms with van der Waals surface area (Å²) >= 11 is 0. The molecule has 0 fully saturated rings. The van der Waals surface area contributed by atoms with Crippen LogP contribution in [0.5, 0.6) is 0 Å². The molecular formula is C19H12F3N5O. The van der Waals surface area contributed by atoms with Crippen molar-refractivity contribution in [2.24, 2.45) is 0 Å². The molecule has 0 aliphatic carbocycles. The average molecular weight is 383 g/mol. The molecule has 0 atom stereocenters. The third-order valence-electron chi connectivity index (χ3n) is 3.62. The zero-order chi connectivity index (χ0) is 20.1. The number of nitrogens with one attached hydrogen (secondary N) is 2. The largest absolute Gasteiger partial charge is 0.416 e. The number of rotatable bonds is 4. The molecule has 9 heteroatoms. The van der Waals surface area contributed by atoms with Gasteiger partial charge in [-0.05, 0) is 42.5 Å². The smallest absolute Gasteiger partial charge is 0.339 e. The van der Waals surface area contributed by atoms with Crippen molar-refractivity contribution in [1.29, 1.82) is 5.26 Å². The Labute approximate surface area is 157 Å². The molecule has 3 aromatic rings. The van der Waals surface area contributed by atoms with E-state index < -0.39 is 17.6 Å². The zero-order valence-electron chi connectivity index (χ0n) is 14.2. The lowest BCUT2D eigenvalue weighted by Gasteiger charge is -2.10. The number of anilines is 3. The first-order valence-electron chi connectivity index (χ1n) is 7.93. The molecule has 28 heavy (non-hydrogen) atoms. The highest BCUT2D eigenvalue weighted by Gasteiger charge is 2.30. The molecule has 1 heterocycles. The van der Waals surface area contributed by atoms with Crippen LogP contribution in [0.25, 0.3) is 0 Å². The Morgan fingerprint density at radius 3 is 2.36 bits per heavy atom. The van der Waals surface area contributed by atoms with E-state index in [1.807, 2.05) is 6.07 Å². The fourth-order valence-corrected chi connectivity index (χ4v) is 2.25. The molecule has 0 saturated carbocycles. The monoisotopic (exact) mass is 383 g/mol. The van der Waals surface area contributed by atoms with Crippen LogP contribution in [-0.2, 0) is 6.18 Å². The summed E-state index contributed by atoms with van der Waals surface area (Å²) in [7, 11) is 0. The lowest BCUT2D eigenvalue weighted by molar-refractivity contribution is -0.137. The number of carbonyl (C=O) groups excluding carboxylic acids is 1. The fourth-order valence-electron chi connectivity index (χ4n) is 2.25. The van der Waals surface area contributed by atoms with Crippen LogP contribution in [-0.4, -0.2) is 15.9 Å². The van der Waals surface area contributed by atoms with Crippen molar-refractivity contribution in [1.82, 2.24) is 9.97 Å². The summed E-state index contributed by atoms with van der Waals surface area (Å²) in [6.07, 6.45) is -1.98. The Balaban J connectivity index is 1.67. The van der Waals surface area contributed by atoms with Crippen molar-refractivity contribution in [3.63, 3.8) is 0 Å². The van der Waals surface area contributed by atoms with E-state index in [9.17, 15) is 18.0 Å². The van der Waals surface area contributed by atoms with Gasteiger partial charge in [0.2, 0.25) is 0 Å². The zero-order valence-corrected chi connectivity index (χ0v) is 14.2. The summed E-state index contributed by atoms with van der Waals surface area (Å²) in [5, 5.41) is 14.1. The fraction of sp³-hybridized carbons (Fsp3) is 0.0526. The number of halogens is 3. The number of amides is 1. The van der Waals surface area contributed by atoms with Crippen molar-refractivity contribution in [2.75, 3.05) is 10.6 Å². The maximum atomic E-state index is 12.7. The Morgan fingerprint density at radius 2 is 1.75 bits per heavy atom. The van der Waals surface area contributed by atoms with Crippen molar-refractivity contribution < 1.29 is 18.0 Å². The topological polar surface area (TPSA) is 90.7 Å². The molecule has 2 aromatic carbocycles. The number of aromatic nitrogens is 2. The van der Waals surface area contributed by atoms with E-state index in [1.54, 1.807) is 24.3 Å². The minimum absolute atomic E-state index is 0.00130. The molecule has 140 valence electrons. The van der Waals surface area contributed by atoms with Gasteiger partial charge >= 0.3 is 6.18 Å². The van der Waals surface area contributed by atoms with E-state index in [1.165, 1.54) is 24.5 Å². The van der Waals surface area contributed by atoms with Crippen molar-refractivity contribution in [3.05, 3.63) is 77.7 Å². The van der Waals surface area contributed by atoms with E-state index in [2.05, 4.69) is 20.6 Å². The maximum absolute atomic E-state index is 12.7. The second kappa shape index (κ2) is 7.75. The summed E-state index contributed by atoms with van der Waals surface area (Å²) in [5.41, 5.74) is 0.273. The Bertz CT molecular complexity index is 1030. The van der Waals surface area contributed by atoms with Gasteiger partial charge in [0.05, 0.1) is 29.6 Å². The summed E-state index contributed by atoms with van der Waals surface area (Å²) in [6, 6.07) is 13.0. The second-order valence-electron chi connectivity index (χ2n) is 5.63. The number of nitriles is 1. The van der Waals surface area contributed by atoms with Gasteiger partial charge in [0.15, 0.2) is 0 Å². The molecule has 0 radical (unpaired) electrons. The van der Waals surface area contributed by atoms with Crippen LogP contribution < -0.4 is 10.6 Å². The van der Waals surface area contributed by atoms with Crippen LogP contribution in [0.2, 0.25) is 0 Å². The molecule has 0 spiro atoms. The van der Waals surface area contributed by atoms with Gasteiger partial charge in [-0.25, -0.2) is 9.97 Å². The Hall–Kier alpha value is -3.93. The number of nitrogens with zero attached hydrogens (tertiary/aromatic N) is 3. The van der Waals surface area contributed by atoms with Crippen molar-refractivity contribution in [3.8, 4) is 6.07 Å². The molecule has 0 unspecified atom stereocenters. The van der Waals surface area contributed by atoms with E-state index in [4.69, 9.17) is 5.26 Å². The van der Waals surface area contributed by atoms with Crippen LogP contribution in [0.15, 0.2) is 60.9 Å². The van der Waals surface area contributed by atoms with Gasteiger partial charge in [-0.3, -0.25) is 4.79 Å². The predicted octanol–water partition coefficient (Wildman–Crippen LogP) is 4.36. The van der Waals surface area contributed by atoms with Crippen LogP contribution in [0, 0.1) is 11.3 Å². The first-order chi connectivity index (χ1) is 13.3. The van der Waals surface area contributed by atoms with Gasteiger partial charge in [-0.1, -0.05) is 6.07 Å². The molecule has 1 aromatic heterocycles. The van der Waals surface area contributed by atoms with E-state index in [0.717, 1.165) is 12.1 Å². The normalized spacial score (nSPS) is 10.8. The van der Waals surface area contributed by atoms with Crippen LogP contribution >= 0.6 is 0 Å². The standard InChI is InChI=1S/C19H12F3N5O/c20-19(21,22)13-2-1-3-15(8-13)27-18(28)16-10-25-17(11-24-16)26-14-6-4-12(9-23)5-7-14/h1-8,10-11H,(H,25,26)(H,27,28). The minimum Gasteiger partial charge on any atom is -0.339 e. The van der Waals surface area contributed by atoms with Crippen LogP contribution in [0.3, 0.4) is 0 Å². The predicted molar refractivity (Wildman–Crippen MR) is 95.9 cm³/mol. The third-order valence-corrected chi connectivity index (χ3v) is 3.62. The number of hydrogen-bond acceptors (Lipinski definition) is 5. The maximum Gasteiger partial charge on any atom is 0.416 e. The second-order valence-corrected chi connectivity index (χ2v) is 5.63. The summed E-state index contributed by atoms with van der Waals surface area (Å²) in [4.78, 5) is 20.2. The number of carbonyl (C=O) groups is 1. The average Bonchev–Trinajstić information content (AvgIpc) is 2.69. The first-order valence-corrected chi connectivity index (χ1v) is 7.93.